The number of esters is 1. The molecule has 160 valence electrons. The second kappa shape index (κ2) is 10.1. The summed E-state index contributed by atoms with van der Waals surface area (Å²) >= 11 is 0. The Bertz CT molecular complexity index is 1020. The van der Waals surface area contributed by atoms with E-state index in [0.717, 1.165) is 5.56 Å². The van der Waals surface area contributed by atoms with Crippen LogP contribution >= 0.6 is 0 Å². The van der Waals surface area contributed by atoms with Crippen molar-refractivity contribution in [3.63, 3.8) is 0 Å². The zero-order valence-electron chi connectivity index (χ0n) is 17.0. The Balaban J connectivity index is 1.95. The second-order valence-corrected chi connectivity index (χ2v) is 8.85. The van der Waals surface area contributed by atoms with E-state index in [2.05, 4.69) is 5.32 Å². The third kappa shape index (κ3) is 6.23. The average molecular weight is 432 g/mol. The van der Waals surface area contributed by atoms with E-state index in [4.69, 9.17) is 4.74 Å². The van der Waals surface area contributed by atoms with Crippen molar-refractivity contribution in [2.24, 2.45) is 0 Å². The van der Waals surface area contributed by atoms with Gasteiger partial charge in [-0.2, -0.15) is 4.31 Å². The highest BCUT2D eigenvalue weighted by Gasteiger charge is 2.24. The number of hydrogen-bond donors (Lipinski definition) is 1. The van der Waals surface area contributed by atoms with Gasteiger partial charge in [-0.15, -0.1) is 0 Å². The van der Waals surface area contributed by atoms with Crippen LogP contribution in [0.15, 0.2) is 59.5 Å². The largest absolute Gasteiger partial charge is 0.452 e. The SMILES string of the molecule is CC(C)N(C)S(=O)(=O)c1cccc(C(=O)OCC(=O)NC(=O)Cc2ccccc2)c1. The average Bonchev–Trinajstić information content (AvgIpc) is 2.72. The van der Waals surface area contributed by atoms with Gasteiger partial charge in [-0.3, -0.25) is 14.9 Å². The molecule has 0 bridgehead atoms. The molecule has 2 amide bonds. The van der Waals surface area contributed by atoms with Crippen LogP contribution in [0.5, 0.6) is 0 Å². The normalized spacial score (nSPS) is 11.4. The number of ether oxygens (including phenoxy) is 1. The molecule has 0 aliphatic rings. The number of benzene rings is 2. The first-order valence-corrected chi connectivity index (χ1v) is 10.7. The van der Waals surface area contributed by atoms with E-state index in [1.807, 2.05) is 6.07 Å². The molecule has 2 aromatic carbocycles. The lowest BCUT2D eigenvalue weighted by Crippen LogP contribution is -2.35. The number of carbonyl (C=O) groups excluding carboxylic acids is 3. The molecule has 0 aliphatic carbocycles. The number of imide groups is 1. The Morgan fingerprint density at radius 2 is 1.67 bits per heavy atom. The summed E-state index contributed by atoms with van der Waals surface area (Å²) in [4.78, 5) is 35.9. The lowest BCUT2D eigenvalue weighted by molar-refractivity contribution is -0.132. The van der Waals surface area contributed by atoms with Gasteiger partial charge < -0.3 is 4.74 Å². The summed E-state index contributed by atoms with van der Waals surface area (Å²) in [7, 11) is -2.32. The van der Waals surface area contributed by atoms with Crippen LogP contribution in [0.25, 0.3) is 0 Å². The maximum absolute atomic E-state index is 12.6. The Hall–Kier alpha value is -3.04. The number of nitrogens with zero attached hydrogens (tertiary/aromatic N) is 1. The van der Waals surface area contributed by atoms with E-state index in [0.29, 0.717) is 0 Å². The van der Waals surface area contributed by atoms with Crippen molar-refractivity contribution in [1.82, 2.24) is 9.62 Å². The van der Waals surface area contributed by atoms with Gasteiger partial charge in [-0.25, -0.2) is 13.2 Å². The Kier molecular flexibility index (Phi) is 7.85. The summed E-state index contributed by atoms with van der Waals surface area (Å²) < 4.78 is 31.2. The van der Waals surface area contributed by atoms with Crippen molar-refractivity contribution in [2.75, 3.05) is 13.7 Å². The third-order valence-electron chi connectivity index (χ3n) is 4.29. The predicted octanol–water partition coefficient (Wildman–Crippen LogP) is 1.76. The van der Waals surface area contributed by atoms with Crippen LogP contribution in [-0.4, -0.2) is 50.2 Å². The van der Waals surface area contributed by atoms with Crippen molar-refractivity contribution in [3.05, 3.63) is 65.7 Å². The summed E-state index contributed by atoms with van der Waals surface area (Å²) in [5, 5.41) is 2.14. The van der Waals surface area contributed by atoms with Crippen molar-refractivity contribution >= 4 is 27.8 Å². The van der Waals surface area contributed by atoms with Gasteiger partial charge in [0, 0.05) is 13.1 Å². The number of amides is 2. The summed E-state index contributed by atoms with van der Waals surface area (Å²) in [6.45, 7) is 2.79. The van der Waals surface area contributed by atoms with Crippen LogP contribution in [0, 0.1) is 0 Å². The van der Waals surface area contributed by atoms with Crippen LogP contribution in [0.3, 0.4) is 0 Å². The van der Waals surface area contributed by atoms with E-state index in [1.165, 1.54) is 35.6 Å². The van der Waals surface area contributed by atoms with Crippen molar-refractivity contribution in [3.8, 4) is 0 Å². The Morgan fingerprint density at radius 3 is 2.30 bits per heavy atom. The van der Waals surface area contributed by atoms with E-state index >= 15 is 0 Å². The van der Waals surface area contributed by atoms with Gasteiger partial charge in [0.1, 0.15) is 0 Å². The molecule has 2 aromatic rings. The molecule has 0 aliphatic heterocycles. The van der Waals surface area contributed by atoms with Gasteiger partial charge in [0.2, 0.25) is 15.9 Å². The number of nitrogens with one attached hydrogen (secondary N) is 1. The molecule has 2 rings (SSSR count). The van der Waals surface area contributed by atoms with Crippen LogP contribution in [-0.2, 0) is 30.8 Å². The van der Waals surface area contributed by atoms with Crippen molar-refractivity contribution in [2.45, 2.75) is 31.2 Å². The standard InChI is InChI=1S/C21H24N2O6S/c1-15(2)23(3)30(27,28)18-11-7-10-17(13-18)21(26)29-14-20(25)22-19(24)12-16-8-5-4-6-9-16/h4-11,13,15H,12,14H2,1-3H3,(H,22,24,25). The fourth-order valence-corrected chi connectivity index (χ4v) is 3.87. The Labute approximate surface area is 175 Å². The zero-order chi connectivity index (χ0) is 22.3. The highest BCUT2D eigenvalue weighted by molar-refractivity contribution is 7.89. The van der Waals surface area contributed by atoms with Gasteiger partial charge >= 0.3 is 5.97 Å². The second-order valence-electron chi connectivity index (χ2n) is 6.85. The zero-order valence-corrected chi connectivity index (χ0v) is 17.8. The number of sulfonamides is 1. The molecular formula is C21H24N2O6S. The third-order valence-corrected chi connectivity index (χ3v) is 6.32. The highest BCUT2D eigenvalue weighted by atomic mass is 32.2. The molecule has 8 nitrogen and oxygen atoms in total. The maximum atomic E-state index is 12.6. The minimum Gasteiger partial charge on any atom is -0.452 e. The molecule has 0 saturated heterocycles. The first kappa shape index (κ1) is 23.2. The molecule has 0 aromatic heterocycles. The lowest BCUT2D eigenvalue weighted by atomic mass is 10.1. The molecular weight excluding hydrogens is 408 g/mol. The maximum Gasteiger partial charge on any atom is 0.338 e. The van der Waals surface area contributed by atoms with Gasteiger partial charge in [0.05, 0.1) is 16.9 Å². The topological polar surface area (TPSA) is 110 Å². The smallest absolute Gasteiger partial charge is 0.338 e. The van der Waals surface area contributed by atoms with E-state index in [1.54, 1.807) is 38.1 Å². The molecule has 0 atom stereocenters. The van der Waals surface area contributed by atoms with Gasteiger partial charge in [-0.1, -0.05) is 36.4 Å². The molecule has 0 spiro atoms. The molecule has 1 N–H and O–H groups in total. The number of carbonyl (C=O) groups is 3. The molecule has 0 unspecified atom stereocenters. The summed E-state index contributed by atoms with van der Waals surface area (Å²) in [5.41, 5.74) is 0.723. The summed E-state index contributed by atoms with van der Waals surface area (Å²) in [6.07, 6.45) is 0.0177. The minimum atomic E-state index is -3.77. The molecule has 30 heavy (non-hydrogen) atoms. The van der Waals surface area contributed by atoms with Crippen LogP contribution in [0.2, 0.25) is 0 Å². The highest BCUT2D eigenvalue weighted by Crippen LogP contribution is 2.18. The lowest BCUT2D eigenvalue weighted by Gasteiger charge is -2.21. The summed E-state index contributed by atoms with van der Waals surface area (Å²) in [5.74, 6) is -2.16. The van der Waals surface area contributed by atoms with Crippen molar-refractivity contribution < 1.29 is 27.5 Å². The van der Waals surface area contributed by atoms with E-state index < -0.39 is 34.4 Å². The molecule has 0 heterocycles. The van der Waals surface area contributed by atoms with E-state index in [-0.39, 0.29) is 22.9 Å². The molecule has 9 heteroatoms. The molecule has 0 radical (unpaired) electrons. The van der Waals surface area contributed by atoms with Crippen LogP contribution < -0.4 is 5.32 Å². The fraction of sp³-hybridized carbons (Fsp3) is 0.286. The van der Waals surface area contributed by atoms with Gasteiger partial charge in [-0.05, 0) is 37.6 Å². The number of rotatable bonds is 8. The monoisotopic (exact) mass is 432 g/mol. The minimum absolute atomic E-state index is 0.0170. The molecule has 0 saturated carbocycles. The predicted molar refractivity (Wildman–Crippen MR) is 110 cm³/mol. The van der Waals surface area contributed by atoms with Gasteiger partial charge in [0.15, 0.2) is 6.61 Å². The Morgan fingerprint density at radius 1 is 1.00 bits per heavy atom. The van der Waals surface area contributed by atoms with Crippen molar-refractivity contribution in [1.29, 1.82) is 0 Å². The van der Waals surface area contributed by atoms with Crippen LogP contribution in [0.4, 0.5) is 0 Å². The number of hydrogen-bond acceptors (Lipinski definition) is 6. The first-order valence-electron chi connectivity index (χ1n) is 9.23. The van der Waals surface area contributed by atoms with E-state index in [9.17, 15) is 22.8 Å². The quantitative estimate of drug-likeness (QED) is 0.637. The summed E-state index contributed by atoms with van der Waals surface area (Å²) in [6, 6.07) is 14.0. The van der Waals surface area contributed by atoms with Crippen LogP contribution in [0.1, 0.15) is 29.8 Å². The fourth-order valence-electron chi connectivity index (χ4n) is 2.46. The first-order chi connectivity index (χ1) is 14.1. The molecule has 0 fully saturated rings. The van der Waals surface area contributed by atoms with Gasteiger partial charge in [0.25, 0.3) is 5.91 Å².